The van der Waals surface area contributed by atoms with E-state index in [1.54, 1.807) is 0 Å². The lowest BCUT2D eigenvalue weighted by Gasteiger charge is -2.22. The lowest BCUT2D eigenvalue weighted by Crippen LogP contribution is -2.32. The molecule has 2 fully saturated rings. The van der Waals surface area contributed by atoms with Gasteiger partial charge in [0.25, 0.3) is 0 Å². The molecule has 0 aromatic carbocycles. The molecular weight excluding hydrogens is 142 g/mol. The van der Waals surface area contributed by atoms with Crippen molar-refractivity contribution in [3.63, 3.8) is 0 Å². The minimum absolute atomic E-state index is 0.246. The van der Waals surface area contributed by atoms with Crippen LogP contribution in [0.5, 0.6) is 0 Å². The van der Waals surface area contributed by atoms with E-state index < -0.39 is 0 Å². The molecule has 0 aromatic heterocycles. The van der Waals surface area contributed by atoms with Crippen LogP contribution < -0.4 is 5.73 Å². The first-order valence-corrected chi connectivity index (χ1v) is 4.24. The number of ether oxygens (including phenoxy) is 1. The Morgan fingerprint density at radius 3 is 2.55 bits per heavy atom. The van der Waals surface area contributed by atoms with Crippen molar-refractivity contribution in [3.8, 4) is 0 Å². The van der Waals surface area contributed by atoms with Crippen LogP contribution in [-0.4, -0.2) is 31.0 Å². The van der Waals surface area contributed by atoms with E-state index >= 15 is 0 Å². The molecule has 64 valence electrons. The fourth-order valence-corrected chi connectivity index (χ4v) is 2.01. The molecule has 1 saturated heterocycles. The van der Waals surface area contributed by atoms with E-state index in [1.807, 2.05) is 0 Å². The van der Waals surface area contributed by atoms with Crippen LogP contribution in [-0.2, 0) is 4.74 Å². The van der Waals surface area contributed by atoms with Crippen LogP contribution in [0.3, 0.4) is 0 Å². The highest BCUT2D eigenvalue weighted by Gasteiger charge is 2.52. The number of nitrogens with two attached hydrogens (primary N) is 1. The highest BCUT2D eigenvalue weighted by atomic mass is 16.5. The summed E-state index contributed by atoms with van der Waals surface area (Å²) in [5.74, 6) is 0.312. The zero-order valence-corrected chi connectivity index (χ0v) is 6.62. The molecule has 1 heterocycles. The summed E-state index contributed by atoms with van der Waals surface area (Å²) in [5.41, 5.74) is 5.89. The topological polar surface area (TPSA) is 55.5 Å². The van der Waals surface area contributed by atoms with Crippen molar-refractivity contribution in [1.29, 1.82) is 0 Å². The van der Waals surface area contributed by atoms with Gasteiger partial charge in [0.05, 0.1) is 19.3 Å². The SMILES string of the molecule is NCC1(C2COCC2O)CC1. The van der Waals surface area contributed by atoms with E-state index in [-0.39, 0.29) is 11.5 Å². The molecule has 2 unspecified atom stereocenters. The third kappa shape index (κ3) is 1.08. The quantitative estimate of drug-likeness (QED) is 0.580. The summed E-state index contributed by atoms with van der Waals surface area (Å²) in [5, 5.41) is 9.52. The number of hydrogen-bond donors (Lipinski definition) is 2. The predicted molar refractivity (Wildman–Crippen MR) is 41.0 cm³/mol. The van der Waals surface area contributed by atoms with Crippen LogP contribution in [0, 0.1) is 11.3 Å². The second-order valence-electron chi connectivity index (χ2n) is 3.78. The molecule has 2 atom stereocenters. The largest absolute Gasteiger partial charge is 0.390 e. The van der Waals surface area contributed by atoms with E-state index in [1.165, 1.54) is 12.8 Å². The Morgan fingerprint density at radius 1 is 1.45 bits per heavy atom. The van der Waals surface area contributed by atoms with Crippen LogP contribution in [0.1, 0.15) is 12.8 Å². The van der Waals surface area contributed by atoms with Crippen LogP contribution in [0.15, 0.2) is 0 Å². The average Bonchev–Trinajstić information content (AvgIpc) is 2.70. The highest BCUT2D eigenvalue weighted by Crippen LogP contribution is 2.53. The smallest absolute Gasteiger partial charge is 0.0829 e. The van der Waals surface area contributed by atoms with Gasteiger partial charge in [-0.2, -0.15) is 0 Å². The van der Waals surface area contributed by atoms with E-state index in [2.05, 4.69) is 0 Å². The molecular formula is C8H15NO2. The molecule has 0 radical (unpaired) electrons. The molecule has 1 aliphatic carbocycles. The summed E-state index contributed by atoms with van der Waals surface area (Å²) in [7, 11) is 0. The Kier molecular flexibility index (Phi) is 1.67. The summed E-state index contributed by atoms with van der Waals surface area (Å²) in [4.78, 5) is 0. The minimum Gasteiger partial charge on any atom is -0.390 e. The summed E-state index contributed by atoms with van der Waals surface area (Å²) in [6.45, 7) is 1.92. The third-order valence-electron chi connectivity index (χ3n) is 3.14. The van der Waals surface area contributed by atoms with Gasteiger partial charge in [-0.15, -0.1) is 0 Å². The molecule has 3 nitrogen and oxygen atoms in total. The fraction of sp³-hybridized carbons (Fsp3) is 1.00. The Morgan fingerprint density at radius 2 is 2.18 bits per heavy atom. The third-order valence-corrected chi connectivity index (χ3v) is 3.14. The lowest BCUT2D eigenvalue weighted by atomic mass is 9.87. The van der Waals surface area contributed by atoms with Crippen molar-refractivity contribution in [3.05, 3.63) is 0 Å². The summed E-state index contributed by atoms with van der Waals surface area (Å²) in [6, 6.07) is 0. The first-order chi connectivity index (χ1) is 5.28. The zero-order valence-electron chi connectivity index (χ0n) is 6.62. The van der Waals surface area contributed by atoms with Crippen molar-refractivity contribution in [2.24, 2.45) is 17.1 Å². The Bertz CT molecular complexity index is 156. The lowest BCUT2D eigenvalue weighted by molar-refractivity contribution is 0.0998. The van der Waals surface area contributed by atoms with Gasteiger partial charge in [0.2, 0.25) is 0 Å². The Labute approximate surface area is 66.5 Å². The van der Waals surface area contributed by atoms with Crippen molar-refractivity contribution >= 4 is 0 Å². The monoisotopic (exact) mass is 157 g/mol. The van der Waals surface area contributed by atoms with Crippen LogP contribution >= 0.6 is 0 Å². The molecule has 2 rings (SSSR count). The molecule has 3 heteroatoms. The van der Waals surface area contributed by atoms with Crippen LogP contribution in [0.4, 0.5) is 0 Å². The standard InChI is InChI=1S/C8H15NO2/c9-5-8(1-2-8)6-3-11-4-7(6)10/h6-7,10H,1-5,9H2. The van der Waals surface area contributed by atoms with Gasteiger partial charge < -0.3 is 15.6 Å². The molecule has 0 aromatic rings. The molecule has 3 N–H and O–H groups in total. The van der Waals surface area contributed by atoms with Gasteiger partial charge in [-0.1, -0.05) is 0 Å². The maximum absolute atomic E-state index is 9.52. The van der Waals surface area contributed by atoms with E-state index in [4.69, 9.17) is 10.5 Å². The molecule has 0 bridgehead atoms. The van der Waals surface area contributed by atoms with Gasteiger partial charge in [-0.05, 0) is 24.8 Å². The maximum atomic E-state index is 9.52. The Balaban J connectivity index is 2.03. The first kappa shape index (κ1) is 7.53. The zero-order chi connectivity index (χ0) is 7.90. The van der Waals surface area contributed by atoms with Gasteiger partial charge in [0.15, 0.2) is 0 Å². The normalized spacial score (nSPS) is 40.9. The fourth-order valence-electron chi connectivity index (χ4n) is 2.01. The molecule has 0 amide bonds. The molecule has 0 spiro atoms. The number of aliphatic hydroxyl groups excluding tert-OH is 1. The van der Waals surface area contributed by atoms with E-state index in [9.17, 15) is 5.11 Å². The molecule has 11 heavy (non-hydrogen) atoms. The summed E-state index contributed by atoms with van der Waals surface area (Å²) < 4.78 is 5.19. The van der Waals surface area contributed by atoms with Crippen molar-refractivity contribution in [1.82, 2.24) is 0 Å². The second kappa shape index (κ2) is 2.44. The summed E-state index contributed by atoms with van der Waals surface area (Å²) in [6.07, 6.45) is 2.09. The van der Waals surface area contributed by atoms with Gasteiger partial charge in [0, 0.05) is 5.92 Å². The van der Waals surface area contributed by atoms with E-state index in [0.29, 0.717) is 25.7 Å². The maximum Gasteiger partial charge on any atom is 0.0829 e. The molecule has 2 aliphatic rings. The summed E-state index contributed by atoms with van der Waals surface area (Å²) >= 11 is 0. The van der Waals surface area contributed by atoms with Crippen molar-refractivity contribution in [2.75, 3.05) is 19.8 Å². The number of hydrogen-bond acceptors (Lipinski definition) is 3. The van der Waals surface area contributed by atoms with Gasteiger partial charge in [0.1, 0.15) is 0 Å². The van der Waals surface area contributed by atoms with Gasteiger partial charge >= 0.3 is 0 Å². The molecule has 1 aliphatic heterocycles. The van der Waals surface area contributed by atoms with Crippen molar-refractivity contribution < 1.29 is 9.84 Å². The number of rotatable bonds is 2. The minimum atomic E-state index is -0.263. The average molecular weight is 157 g/mol. The van der Waals surface area contributed by atoms with Crippen molar-refractivity contribution in [2.45, 2.75) is 18.9 Å². The second-order valence-corrected chi connectivity index (χ2v) is 3.78. The van der Waals surface area contributed by atoms with Gasteiger partial charge in [-0.3, -0.25) is 0 Å². The predicted octanol–water partition coefficient (Wildman–Crippen LogP) is -0.267. The first-order valence-electron chi connectivity index (χ1n) is 4.24. The van der Waals surface area contributed by atoms with Gasteiger partial charge in [-0.25, -0.2) is 0 Å². The number of aliphatic hydroxyl groups is 1. The molecule has 1 saturated carbocycles. The van der Waals surface area contributed by atoms with Crippen LogP contribution in [0.25, 0.3) is 0 Å². The highest BCUT2D eigenvalue weighted by molar-refractivity contribution is 5.02. The van der Waals surface area contributed by atoms with Crippen LogP contribution in [0.2, 0.25) is 0 Å². The Hall–Kier alpha value is -0.120. The van der Waals surface area contributed by atoms with E-state index in [0.717, 1.165) is 0 Å².